The molecule has 2 aromatic rings. The Hall–Kier alpha value is -1.90. The number of nitrogens with zero attached hydrogens (tertiary/aromatic N) is 1. The summed E-state index contributed by atoms with van der Waals surface area (Å²) in [6, 6.07) is 8.01. The Bertz CT molecular complexity index is 596. The van der Waals surface area contributed by atoms with Crippen LogP contribution in [0.2, 0.25) is 0 Å². The molecule has 1 aromatic heterocycles. The van der Waals surface area contributed by atoms with Crippen LogP contribution in [0.3, 0.4) is 0 Å². The Labute approximate surface area is 93.2 Å². The van der Waals surface area contributed by atoms with Gasteiger partial charge in [0.15, 0.2) is 0 Å². The van der Waals surface area contributed by atoms with Crippen molar-refractivity contribution in [3.63, 3.8) is 0 Å². The molecule has 0 aliphatic heterocycles. The number of rotatable bonds is 1. The highest BCUT2D eigenvalue weighted by atomic mass is 16.1. The van der Waals surface area contributed by atoms with E-state index in [0.717, 1.165) is 29.7 Å². The van der Waals surface area contributed by atoms with Crippen molar-refractivity contribution in [1.82, 2.24) is 9.97 Å². The van der Waals surface area contributed by atoms with Crippen LogP contribution in [-0.4, -0.2) is 9.97 Å². The van der Waals surface area contributed by atoms with E-state index >= 15 is 0 Å². The highest BCUT2D eigenvalue weighted by Gasteiger charge is 2.19. The van der Waals surface area contributed by atoms with Crippen LogP contribution in [0.15, 0.2) is 29.1 Å². The van der Waals surface area contributed by atoms with Gasteiger partial charge in [-0.05, 0) is 19.8 Å². The van der Waals surface area contributed by atoms with E-state index in [1.165, 1.54) is 5.56 Å². The Morgan fingerprint density at radius 3 is 2.50 bits per heavy atom. The standard InChI is InChI=1S/C13H12N2O/c1-8-2-4-9(5-3-8)12-14-11-7-6-10(11)13(16)15-12/h2-5H,6-7H2,1H3,(H,14,15,16). The van der Waals surface area contributed by atoms with Crippen LogP contribution in [0.4, 0.5) is 0 Å². The van der Waals surface area contributed by atoms with Gasteiger partial charge in [-0.2, -0.15) is 0 Å². The minimum absolute atomic E-state index is 0.0202. The number of hydrogen-bond acceptors (Lipinski definition) is 2. The van der Waals surface area contributed by atoms with Crippen molar-refractivity contribution in [1.29, 1.82) is 0 Å². The fourth-order valence-electron chi connectivity index (χ4n) is 1.92. The van der Waals surface area contributed by atoms with Gasteiger partial charge >= 0.3 is 0 Å². The number of H-pyrrole nitrogens is 1. The van der Waals surface area contributed by atoms with Crippen molar-refractivity contribution < 1.29 is 0 Å². The van der Waals surface area contributed by atoms with Gasteiger partial charge in [-0.15, -0.1) is 0 Å². The van der Waals surface area contributed by atoms with Crippen LogP contribution < -0.4 is 5.56 Å². The number of aryl methyl sites for hydroxylation is 2. The number of benzene rings is 1. The fraction of sp³-hybridized carbons (Fsp3) is 0.231. The highest BCUT2D eigenvalue weighted by Crippen LogP contribution is 2.20. The monoisotopic (exact) mass is 212 g/mol. The van der Waals surface area contributed by atoms with E-state index in [1.54, 1.807) is 0 Å². The van der Waals surface area contributed by atoms with E-state index in [1.807, 2.05) is 31.2 Å². The summed E-state index contributed by atoms with van der Waals surface area (Å²) in [6.07, 6.45) is 1.80. The second-order valence-corrected chi connectivity index (χ2v) is 4.21. The highest BCUT2D eigenvalue weighted by molar-refractivity contribution is 5.56. The van der Waals surface area contributed by atoms with Crippen LogP contribution in [0.1, 0.15) is 16.8 Å². The Kier molecular flexibility index (Phi) is 1.93. The zero-order chi connectivity index (χ0) is 11.1. The van der Waals surface area contributed by atoms with Crippen molar-refractivity contribution in [3.05, 3.63) is 51.4 Å². The Morgan fingerprint density at radius 1 is 1.19 bits per heavy atom. The molecule has 0 amide bonds. The molecule has 3 heteroatoms. The molecule has 1 aromatic carbocycles. The maximum atomic E-state index is 11.7. The molecule has 0 spiro atoms. The molecule has 0 saturated carbocycles. The van der Waals surface area contributed by atoms with Gasteiger partial charge in [0.25, 0.3) is 5.56 Å². The maximum Gasteiger partial charge on any atom is 0.254 e. The lowest BCUT2D eigenvalue weighted by molar-refractivity contribution is 0.759. The van der Waals surface area contributed by atoms with Crippen LogP contribution in [0.5, 0.6) is 0 Å². The second kappa shape index (κ2) is 3.30. The molecule has 0 atom stereocenters. The Balaban J connectivity index is 2.13. The summed E-state index contributed by atoms with van der Waals surface area (Å²) in [7, 11) is 0. The molecule has 1 aliphatic carbocycles. The molecule has 16 heavy (non-hydrogen) atoms. The van der Waals surface area contributed by atoms with Gasteiger partial charge in [-0.25, -0.2) is 4.98 Å². The van der Waals surface area contributed by atoms with Crippen molar-refractivity contribution >= 4 is 0 Å². The predicted molar refractivity (Wildman–Crippen MR) is 62.4 cm³/mol. The Morgan fingerprint density at radius 2 is 1.94 bits per heavy atom. The summed E-state index contributed by atoms with van der Waals surface area (Å²) >= 11 is 0. The lowest BCUT2D eigenvalue weighted by atomic mass is 9.95. The quantitative estimate of drug-likeness (QED) is 0.784. The van der Waals surface area contributed by atoms with Gasteiger partial charge in [-0.3, -0.25) is 4.79 Å². The minimum atomic E-state index is 0.0202. The zero-order valence-corrected chi connectivity index (χ0v) is 9.08. The maximum absolute atomic E-state index is 11.7. The lowest BCUT2D eigenvalue weighted by Gasteiger charge is -2.16. The number of nitrogens with one attached hydrogen (secondary N) is 1. The lowest BCUT2D eigenvalue weighted by Crippen LogP contribution is -2.26. The largest absolute Gasteiger partial charge is 0.306 e. The molecule has 3 nitrogen and oxygen atoms in total. The molecule has 0 bridgehead atoms. The molecule has 1 aliphatic rings. The van der Waals surface area contributed by atoms with E-state index in [9.17, 15) is 4.79 Å². The van der Waals surface area contributed by atoms with Crippen LogP contribution in [0, 0.1) is 6.92 Å². The molecule has 3 rings (SSSR count). The third-order valence-electron chi connectivity index (χ3n) is 3.04. The van der Waals surface area contributed by atoms with E-state index < -0.39 is 0 Å². The summed E-state index contributed by atoms with van der Waals surface area (Å²) in [5, 5.41) is 0. The number of aromatic nitrogens is 2. The molecular formula is C13H12N2O. The van der Waals surface area contributed by atoms with Crippen LogP contribution >= 0.6 is 0 Å². The molecule has 1 N–H and O–H groups in total. The normalized spacial score (nSPS) is 13.1. The van der Waals surface area contributed by atoms with Gasteiger partial charge in [0.2, 0.25) is 0 Å². The van der Waals surface area contributed by atoms with Crippen LogP contribution in [0.25, 0.3) is 11.4 Å². The van der Waals surface area contributed by atoms with E-state index in [2.05, 4.69) is 9.97 Å². The predicted octanol–water partition coefficient (Wildman–Crippen LogP) is 1.84. The SMILES string of the molecule is Cc1ccc(-c2nc3c(c(=O)[nH]2)CC3)cc1. The first-order valence-corrected chi connectivity index (χ1v) is 5.43. The van der Waals surface area contributed by atoms with Gasteiger partial charge in [0.1, 0.15) is 5.82 Å². The van der Waals surface area contributed by atoms with Gasteiger partial charge in [-0.1, -0.05) is 29.8 Å². The van der Waals surface area contributed by atoms with E-state index in [4.69, 9.17) is 0 Å². The van der Waals surface area contributed by atoms with Gasteiger partial charge in [0.05, 0.1) is 5.69 Å². The summed E-state index contributed by atoms with van der Waals surface area (Å²) in [5.41, 5.74) is 4.01. The van der Waals surface area contributed by atoms with Crippen molar-refractivity contribution in [2.24, 2.45) is 0 Å². The van der Waals surface area contributed by atoms with Crippen molar-refractivity contribution in [3.8, 4) is 11.4 Å². The zero-order valence-electron chi connectivity index (χ0n) is 9.08. The third-order valence-corrected chi connectivity index (χ3v) is 3.04. The first kappa shape index (κ1) is 9.33. The third kappa shape index (κ3) is 1.36. The smallest absolute Gasteiger partial charge is 0.254 e. The molecule has 80 valence electrons. The van der Waals surface area contributed by atoms with Crippen molar-refractivity contribution in [2.45, 2.75) is 19.8 Å². The topological polar surface area (TPSA) is 45.8 Å². The second-order valence-electron chi connectivity index (χ2n) is 4.21. The average Bonchev–Trinajstić information content (AvgIpc) is 2.22. The first-order chi connectivity index (χ1) is 7.74. The summed E-state index contributed by atoms with van der Waals surface area (Å²) in [6.45, 7) is 2.04. The number of aromatic amines is 1. The van der Waals surface area contributed by atoms with E-state index in [-0.39, 0.29) is 5.56 Å². The molecule has 0 fully saturated rings. The molecule has 0 unspecified atom stereocenters. The van der Waals surface area contributed by atoms with Gasteiger partial charge in [0, 0.05) is 11.1 Å². The first-order valence-electron chi connectivity index (χ1n) is 5.43. The van der Waals surface area contributed by atoms with E-state index in [0.29, 0.717) is 5.82 Å². The average molecular weight is 212 g/mol. The number of hydrogen-bond donors (Lipinski definition) is 1. The van der Waals surface area contributed by atoms with Crippen molar-refractivity contribution in [2.75, 3.05) is 0 Å². The minimum Gasteiger partial charge on any atom is -0.306 e. The number of fused-ring (bicyclic) bond motifs is 1. The van der Waals surface area contributed by atoms with Crippen LogP contribution in [-0.2, 0) is 12.8 Å². The van der Waals surface area contributed by atoms with Gasteiger partial charge < -0.3 is 4.98 Å². The summed E-state index contributed by atoms with van der Waals surface area (Å²) in [4.78, 5) is 19.0. The molecule has 0 radical (unpaired) electrons. The molecule has 1 heterocycles. The molecular weight excluding hydrogens is 200 g/mol. The summed E-state index contributed by atoms with van der Waals surface area (Å²) < 4.78 is 0. The summed E-state index contributed by atoms with van der Waals surface area (Å²) in [5.74, 6) is 0.684. The molecule has 0 saturated heterocycles. The fourth-order valence-corrected chi connectivity index (χ4v) is 1.92.